The first-order valence-corrected chi connectivity index (χ1v) is 6.49. The number of nitrogens with one attached hydrogen (secondary N) is 1. The Morgan fingerprint density at radius 1 is 1.30 bits per heavy atom. The number of likely N-dealkylation sites (tertiary alicyclic amines) is 1. The summed E-state index contributed by atoms with van der Waals surface area (Å²) < 4.78 is 0. The predicted octanol–water partition coefficient (Wildman–Crippen LogP) is 1.63. The van der Waals surface area contributed by atoms with Crippen LogP contribution in [0.15, 0.2) is 42.7 Å². The fraction of sp³-hybridized carbons (Fsp3) is 0.267. The van der Waals surface area contributed by atoms with E-state index in [4.69, 9.17) is 0 Å². The Hall–Kier alpha value is -2.43. The van der Waals surface area contributed by atoms with Gasteiger partial charge in [0.25, 0.3) is 0 Å². The fourth-order valence-corrected chi connectivity index (χ4v) is 2.62. The molecule has 2 amide bonds. The second-order valence-corrected chi connectivity index (χ2v) is 5.27. The fourth-order valence-electron chi connectivity index (χ4n) is 2.62. The number of imide groups is 1. The SMILES string of the molecule is CC1(c2ccccc2)CC(=O)N(Cc2cn[nH]c2)C1=O. The third-order valence-electron chi connectivity index (χ3n) is 3.83. The number of rotatable bonds is 3. The zero-order valence-corrected chi connectivity index (χ0v) is 11.2. The summed E-state index contributed by atoms with van der Waals surface area (Å²) >= 11 is 0. The highest BCUT2D eigenvalue weighted by molar-refractivity contribution is 6.08. The molecule has 0 spiro atoms. The number of carbonyl (C=O) groups is 2. The van der Waals surface area contributed by atoms with E-state index in [1.807, 2.05) is 37.3 Å². The third kappa shape index (κ3) is 1.91. The second-order valence-electron chi connectivity index (χ2n) is 5.27. The number of aromatic amines is 1. The van der Waals surface area contributed by atoms with E-state index in [9.17, 15) is 9.59 Å². The average molecular weight is 269 g/mol. The van der Waals surface area contributed by atoms with Crippen LogP contribution in [0.25, 0.3) is 0 Å². The Morgan fingerprint density at radius 3 is 2.70 bits per heavy atom. The minimum absolute atomic E-state index is 0.137. The van der Waals surface area contributed by atoms with E-state index in [-0.39, 0.29) is 24.8 Å². The van der Waals surface area contributed by atoms with E-state index >= 15 is 0 Å². The molecule has 20 heavy (non-hydrogen) atoms. The molecule has 0 saturated carbocycles. The highest BCUT2D eigenvalue weighted by Crippen LogP contribution is 2.36. The monoisotopic (exact) mass is 269 g/mol. The van der Waals surface area contributed by atoms with Crippen LogP contribution in [-0.4, -0.2) is 26.9 Å². The molecule has 0 radical (unpaired) electrons. The minimum Gasteiger partial charge on any atom is -0.285 e. The Balaban J connectivity index is 1.90. The molecule has 1 N–H and O–H groups in total. The summed E-state index contributed by atoms with van der Waals surface area (Å²) in [7, 11) is 0. The molecule has 2 heterocycles. The maximum Gasteiger partial charge on any atom is 0.240 e. The molecule has 5 heteroatoms. The summed E-state index contributed by atoms with van der Waals surface area (Å²) in [6, 6.07) is 9.46. The molecule has 1 aromatic heterocycles. The van der Waals surface area contributed by atoms with Gasteiger partial charge in [0.2, 0.25) is 11.8 Å². The van der Waals surface area contributed by atoms with E-state index in [0.717, 1.165) is 11.1 Å². The number of aromatic nitrogens is 2. The number of benzene rings is 1. The van der Waals surface area contributed by atoms with Crippen molar-refractivity contribution in [3.8, 4) is 0 Å². The van der Waals surface area contributed by atoms with Gasteiger partial charge in [-0.25, -0.2) is 0 Å². The Morgan fingerprint density at radius 2 is 2.05 bits per heavy atom. The van der Waals surface area contributed by atoms with Gasteiger partial charge in [0, 0.05) is 18.2 Å². The van der Waals surface area contributed by atoms with Gasteiger partial charge in [-0.15, -0.1) is 0 Å². The van der Waals surface area contributed by atoms with Crippen LogP contribution in [0, 0.1) is 0 Å². The van der Waals surface area contributed by atoms with Crippen molar-refractivity contribution in [2.75, 3.05) is 0 Å². The molecule has 0 aliphatic carbocycles. The number of H-pyrrole nitrogens is 1. The quantitative estimate of drug-likeness (QED) is 0.861. The zero-order valence-electron chi connectivity index (χ0n) is 11.2. The number of hydrogen-bond acceptors (Lipinski definition) is 3. The third-order valence-corrected chi connectivity index (χ3v) is 3.83. The molecule has 1 aliphatic heterocycles. The van der Waals surface area contributed by atoms with Crippen molar-refractivity contribution in [1.82, 2.24) is 15.1 Å². The molecule has 3 rings (SSSR count). The van der Waals surface area contributed by atoms with Crippen molar-refractivity contribution in [2.24, 2.45) is 0 Å². The molecular weight excluding hydrogens is 254 g/mol. The van der Waals surface area contributed by atoms with Gasteiger partial charge in [-0.2, -0.15) is 5.10 Å². The minimum atomic E-state index is -0.762. The maximum absolute atomic E-state index is 12.6. The summed E-state index contributed by atoms with van der Waals surface area (Å²) in [5, 5.41) is 6.52. The van der Waals surface area contributed by atoms with Crippen molar-refractivity contribution in [3.05, 3.63) is 53.9 Å². The van der Waals surface area contributed by atoms with Crippen molar-refractivity contribution < 1.29 is 9.59 Å². The highest BCUT2D eigenvalue weighted by atomic mass is 16.2. The molecular formula is C15H15N3O2. The molecule has 2 aromatic rings. The lowest BCUT2D eigenvalue weighted by molar-refractivity contribution is -0.140. The van der Waals surface area contributed by atoms with Gasteiger partial charge in [0.1, 0.15) is 0 Å². The van der Waals surface area contributed by atoms with Gasteiger partial charge >= 0.3 is 0 Å². The lowest BCUT2D eigenvalue weighted by Gasteiger charge is -2.22. The topological polar surface area (TPSA) is 66.1 Å². The van der Waals surface area contributed by atoms with Crippen LogP contribution >= 0.6 is 0 Å². The Kier molecular flexibility index (Phi) is 2.89. The van der Waals surface area contributed by atoms with Crippen LogP contribution < -0.4 is 0 Å². The van der Waals surface area contributed by atoms with Crippen LogP contribution in [0.4, 0.5) is 0 Å². The second kappa shape index (κ2) is 4.59. The van der Waals surface area contributed by atoms with Crippen LogP contribution in [0.5, 0.6) is 0 Å². The summed E-state index contributed by atoms with van der Waals surface area (Å²) in [6.45, 7) is 2.11. The largest absolute Gasteiger partial charge is 0.285 e. The lowest BCUT2D eigenvalue weighted by atomic mass is 9.81. The first kappa shape index (κ1) is 12.6. The molecule has 1 aliphatic rings. The van der Waals surface area contributed by atoms with Crippen LogP contribution in [0.2, 0.25) is 0 Å². The van der Waals surface area contributed by atoms with Gasteiger partial charge in [0.15, 0.2) is 0 Å². The summed E-state index contributed by atoms with van der Waals surface area (Å²) in [5.74, 6) is -0.280. The average Bonchev–Trinajstić information content (AvgIpc) is 3.04. The first-order chi connectivity index (χ1) is 9.61. The highest BCUT2D eigenvalue weighted by Gasteiger charge is 2.49. The number of nitrogens with zero attached hydrogens (tertiary/aromatic N) is 2. The van der Waals surface area contributed by atoms with E-state index in [1.54, 1.807) is 12.4 Å². The van der Waals surface area contributed by atoms with Gasteiger partial charge in [-0.1, -0.05) is 30.3 Å². The van der Waals surface area contributed by atoms with E-state index in [1.165, 1.54) is 4.90 Å². The summed E-state index contributed by atoms with van der Waals surface area (Å²) in [4.78, 5) is 26.1. The van der Waals surface area contributed by atoms with Gasteiger partial charge in [-0.3, -0.25) is 19.6 Å². The molecule has 1 atom stereocenters. The number of hydrogen-bond donors (Lipinski definition) is 1. The molecule has 1 saturated heterocycles. The molecule has 1 unspecified atom stereocenters. The van der Waals surface area contributed by atoms with E-state index < -0.39 is 5.41 Å². The standard InChI is InChI=1S/C15H15N3O2/c1-15(12-5-3-2-4-6-12)7-13(19)18(14(15)20)10-11-8-16-17-9-11/h2-6,8-9H,7,10H2,1H3,(H,16,17). The molecule has 0 bridgehead atoms. The smallest absolute Gasteiger partial charge is 0.240 e. The van der Waals surface area contributed by atoms with Crippen molar-refractivity contribution in [1.29, 1.82) is 0 Å². The van der Waals surface area contributed by atoms with Crippen LogP contribution in [0.1, 0.15) is 24.5 Å². The zero-order chi connectivity index (χ0) is 14.2. The van der Waals surface area contributed by atoms with Gasteiger partial charge < -0.3 is 0 Å². The molecule has 1 fully saturated rings. The van der Waals surface area contributed by atoms with Gasteiger partial charge in [0.05, 0.1) is 18.2 Å². The van der Waals surface area contributed by atoms with Crippen molar-refractivity contribution >= 4 is 11.8 Å². The van der Waals surface area contributed by atoms with Crippen molar-refractivity contribution in [3.63, 3.8) is 0 Å². The molecule has 102 valence electrons. The number of carbonyl (C=O) groups excluding carboxylic acids is 2. The number of amides is 2. The van der Waals surface area contributed by atoms with Crippen LogP contribution in [-0.2, 0) is 21.5 Å². The van der Waals surface area contributed by atoms with Crippen molar-refractivity contribution in [2.45, 2.75) is 25.3 Å². The summed E-state index contributed by atoms with van der Waals surface area (Å²) in [5.41, 5.74) is 0.944. The first-order valence-electron chi connectivity index (χ1n) is 6.49. The van der Waals surface area contributed by atoms with Gasteiger partial charge in [-0.05, 0) is 12.5 Å². The van der Waals surface area contributed by atoms with Crippen LogP contribution in [0.3, 0.4) is 0 Å². The van der Waals surface area contributed by atoms with E-state index in [0.29, 0.717) is 0 Å². The summed E-state index contributed by atoms with van der Waals surface area (Å²) in [6.07, 6.45) is 3.53. The Labute approximate surface area is 116 Å². The molecule has 1 aromatic carbocycles. The maximum atomic E-state index is 12.6. The predicted molar refractivity (Wildman–Crippen MR) is 72.6 cm³/mol. The Bertz CT molecular complexity index is 636. The van der Waals surface area contributed by atoms with E-state index in [2.05, 4.69) is 10.2 Å². The lowest BCUT2D eigenvalue weighted by Crippen LogP contribution is -2.36. The normalized spacial score (nSPS) is 22.6. The molecule has 5 nitrogen and oxygen atoms in total.